The van der Waals surface area contributed by atoms with Gasteiger partial charge >= 0.3 is 0 Å². The first-order valence-corrected chi connectivity index (χ1v) is 9.98. The maximum atomic E-state index is 5.31. The van der Waals surface area contributed by atoms with Gasteiger partial charge in [0.25, 0.3) is 0 Å². The average molecular weight is 463 g/mol. The second kappa shape index (κ2) is 8.23. The minimum Gasteiger partial charge on any atom is -0.497 e. The molecule has 0 saturated carbocycles. The molecule has 0 aliphatic rings. The molecular formula is C24H19BrN2OS. The van der Waals surface area contributed by atoms with E-state index in [1.54, 1.807) is 18.4 Å². The summed E-state index contributed by atoms with van der Waals surface area (Å²) in [5.74, 6) is 0.856. The van der Waals surface area contributed by atoms with Crippen molar-refractivity contribution in [2.45, 2.75) is 0 Å². The van der Waals surface area contributed by atoms with Crippen molar-refractivity contribution in [3.05, 3.63) is 90.3 Å². The minimum atomic E-state index is 0. The van der Waals surface area contributed by atoms with Crippen LogP contribution >= 0.6 is 28.3 Å². The molecule has 3 nitrogen and oxygen atoms in total. The van der Waals surface area contributed by atoms with E-state index in [0.717, 1.165) is 44.5 Å². The van der Waals surface area contributed by atoms with Crippen LogP contribution in [0, 0.1) is 0 Å². The molecule has 0 N–H and O–H groups in total. The van der Waals surface area contributed by atoms with Gasteiger partial charge in [0.15, 0.2) is 4.96 Å². The lowest BCUT2D eigenvalue weighted by atomic mass is 10.0. The number of imidazole rings is 1. The van der Waals surface area contributed by atoms with Crippen LogP contribution in [-0.4, -0.2) is 16.5 Å². The van der Waals surface area contributed by atoms with Crippen molar-refractivity contribution < 1.29 is 4.74 Å². The fourth-order valence-corrected chi connectivity index (χ4v) is 4.38. The zero-order valence-electron chi connectivity index (χ0n) is 15.8. The molecule has 0 bridgehead atoms. The highest BCUT2D eigenvalue weighted by atomic mass is 79.9. The van der Waals surface area contributed by atoms with Crippen LogP contribution in [0.5, 0.6) is 5.75 Å². The van der Waals surface area contributed by atoms with Gasteiger partial charge in [0.2, 0.25) is 0 Å². The third kappa shape index (κ3) is 3.48. The van der Waals surface area contributed by atoms with Crippen molar-refractivity contribution in [2.75, 3.05) is 7.11 Å². The first-order valence-electron chi connectivity index (χ1n) is 9.10. The number of halogens is 1. The van der Waals surface area contributed by atoms with Gasteiger partial charge in [0, 0.05) is 16.5 Å². The Balaban J connectivity index is 0.00000205. The molecule has 0 amide bonds. The largest absolute Gasteiger partial charge is 0.497 e. The van der Waals surface area contributed by atoms with Crippen molar-refractivity contribution in [2.24, 2.45) is 0 Å². The number of methoxy groups -OCH3 is 1. The summed E-state index contributed by atoms with van der Waals surface area (Å²) in [7, 11) is 1.69. The molecule has 0 fully saturated rings. The lowest BCUT2D eigenvalue weighted by molar-refractivity contribution is 0.415. The number of hydrogen-bond acceptors (Lipinski definition) is 3. The Morgan fingerprint density at radius 3 is 2.00 bits per heavy atom. The Morgan fingerprint density at radius 2 is 1.38 bits per heavy atom. The second-order valence-electron chi connectivity index (χ2n) is 6.51. The molecule has 144 valence electrons. The molecular weight excluding hydrogens is 444 g/mol. The topological polar surface area (TPSA) is 26.5 Å². The molecule has 2 aromatic heterocycles. The van der Waals surface area contributed by atoms with Gasteiger partial charge in [-0.1, -0.05) is 60.7 Å². The lowest BCUT2D eigenvalue weighted by Crippen LogP contribution is -1.92. The summed E-state index contributed by atoms with van der Waals surface area (Å²) < 4.78 is 7.58. The van der Waals surface area contributed by atoms with Gasteiger partial charge in [-0.2, -0.15) is 0 Å². The van der Waals surface area contributed by atoms with E-state index in [1.807, 2.05) is 24.3 Å². The zero-order valence-corrected chi connectivity index (χ0v) is 18.3. The number of ether oxygens (including phenoxy) is 1. The molecule has 0 atom stereocenters. The summed E-state index contributed by atoms with van der Waals surface area (Å²) in [6.07, 6.45) is 0. The van der Waals surface area contributed by atoms with Crippen LogP contribution in [0.4, 0.5) is 0 Å². The molecule has 0 radical (unpaired) electrons. The van der Waals surface area contributed by atoms with Crippen LogP contribution in [-0.2, 0) is 0 Å². The first kappa shape index (κ1) is 19.4. The molecule has 5 aromatic rings. The summed E-state index contributed by atoms with van der Waals surface area (Å²) >= 11 is 1.66. The molecule has 0 aliphatic carbocycles. The van der Waals surface area contributed by atoms with E-state index in [9.17, 15) is 0 Å². The smallest absolute Gasteiger partial charge is 0.195 e. The second-order valence-corrected chi connectivity index (χ2v) is 7.35. The van der Waals surface area contributed by atoms with Gasteiger partial charge in [0.1, 0.15) is 5.75 Å². The highest BCUT2D eigenvalue weighted by molar-refractivity contribution is 8.93. The van der Waals surface area contributed by atoms with Crippen LogP contribution in [0.1, 0.15) is 0 Å². The van der Waals surface area contributed by atoms with E-state index in [-0.39, 0.29) is 17.0 Å². The van der Waals surface area contributed by atoms with Crippen molar-refractivity contribution in [3.8, 4) is 39.5 Å². The summed E-state index contributed by atoms with van der Waals surface area (Å²) in [5.41, 5.74) is 6.68. The number of benzene rings is 3. The Labute approximate surface area is 184 Å². The molecule has 2 heterocycles. The SMILES string of the molecule is Br.COc1ccc(-c2csc3nc(-c4ccccc4)c(-c4ccccc4)n23)cc1. The van der Waals surface area contributed by atoms with Crippen molar-refractivity contribution >= 4 is 33.3 Å². The summed E-state index contributed by atoms with van der Waals surface area (Å²) in [4.78, 5) is 5.99. The molecule has 3 aromatic carbocycles. The number of aromatic nitrogens is 2. The molecule has 0 spiro atoms. The average Bonchev–Trinajstić information content (AvgIpc) is 3.34. The standard InChI is InChI=1S/C24H18N2OS.BrH/c1-27-20-14-12-17(13-15-20)21-16-28-24-25-22(18-8-4-2-5-9-18)23(26(21)24)19-10-6-3-7-11-19;/h2-16H,1H3;1H. The van der Waals surface area contributed by atoms with Crippen LogP contribution in [0.3, 0.4) is 0 Å². The normalized spacial score (nSPS) is 10.7. The predicted molar refractivity (Wildman–Crippen MR) is 126 cm³/mol. The summed E-state index contributed by atoms with van der Waals surface area (Å²) in [6, 6.07) is 29.0. The van der Waals surface area contributed by atoms with Crippen LogP contribution in [0.15, 0.2) is 90.3 Å². The van der Waals surface area contributed by atoms with Gasteiger partial charge in [-0.05, 0) is 29.8 Å². The van der Waals surface area contributed by atoms with Crippen molar-refractivity contribution in [3.63, 3.8) is 0 Å². The van der Waals surface area contributed by atoms with E-state index >= 15 is 0 Å². The fraction of sp³-hybridized carbons (Fsp3) is 0.0417. The summed E-state index contributed by atoms with van der Waals surface area (Å²) in [5, 5.41) is 2.17. The predicted octanol–water partition coefficient (Wildman–Crippen LogP) is 6.98. The van der Waals surface area contributed by atoms with Gasteiger partial charge in [-0.15, -0.1) is 28.3 Å². The van der Waals surface area contributed by atoms with Gasteiger partial charge in [-0.25, -0.2) is 4.98 Å². The molecule has 5 rings (SSSR count). The number of nitrogens with zero attached hydrogens (tertiary/aromatic N) is 2. The monoisotopic (exact) mass is 462 g/mol. The third-order valence-corrected chi connectivity index (χ3v) is 5.67. The van der Waals surface area contributed by atoms with Crippen molar-refractivity contribution in [1.29, 1.82) is 0 Å². The van der Waals surface area contributed by atoms with E-state index in [2.05, 4.69) is 70.4 Å². The maximum absolute atomic E-state index is 5.31. The molecule has 5 heteroatoms. The van der Waals surface area contributed by atoms with E-state index in [1.165, 1.54) is 0 Å². The molecule has 29 heavy (non-hydrogen) atoms. The highest BCUT2D eigenvalue weighted by Crippen LogP contribution is 2.38. The third-order valence-electron chi connectivity index (χ3n) is 4.84. The van der Waals surface area contributed by atoms with Gasteiger partial charge < -0.3 is 4.74 Å². The molecule has 0 saturated heterocycles. The van der Waals surface area contributed by atoms with Gasteiger partial charge in [-0.3, -0.25) is 4.40 Å². The number of thiazole rings is 1. The van der Waals surface area contributed by atoms with Crippen LogP contribution in [0.25, 0.3) is 38.7 Å². The minimum absolute atomic E-state index is 0. The van der Waals surface area contributed by atoms with E-state index in [0.29, 0.717) is 0 Å². The number of hydrogen-bond donors (Lipinski definition) is 0. The van der Waals surface area contributed by atoms with Crippen molar-refractivity contribution in [1.82, 2.24) is 9.38 Å². The first-order chi connectivity index (χ1) is 13.8. The maximum Gasteiger partial charge on any atom is 0.195 e. The highest BCUT2D eigenvalue weighted by Gasteiger charge is 2.20. The van der Waals surface area contributed by atoms with E-state index < -0.39 is 0 Å². The summed E-state index contributed by atoms with van der Waals surface area (Å²) in [6.45, 7) is 0. The van der Waals surface area contributed by atoms with Crippen LogP contribution < -0.4 is 4.74 Å². The fourth-order valence-electron chi connectivity index (χ4n) is 3.48. The Kier molecular flexibility index (Phi) is 5.51. The molecule has 0 unspecified atom stereocenters. The van der Waals surface area contributed by atoms with E-state index in [4.69, 9.17) is 9.72 Å². The Hall–Kier alpha value is -2.89. The quantitative estimate of drug-likeness (QED) is 0.287. The molecule has 0 aliphatic heterocycles. The number of rotatable bonds is 4. The Morgan fingerprint density at radius 1 is 0.759 bits per heavy atom. The Bertz CT molecular complexity index is 1230. The van der Waals surface area contributed by atoms with Crippen LogP contribution in [0.2, 0.25) is 0 Å². The number of fused-ring (bicyclic) bond motifs is 1. The zero-order chi connectivity index (χ0) is 18.9. The lowest BCUT2D eigenvalue weighted by Gasteiger charge is -2.08. The van der Waals surface area contributed by atoms with Gasteiger partial charge in [0.05, 0.1) is 24.2 Å².